The number of aliphatic imine (C=N–C) groups is 2. The van der Waals surface area contributed by atoms with Crippen molar-refractivity contribution in [1.29, 1.82) is 0 Å². The topological polar surface area (TPSA) is 28.0 Å². The lowest BCUT2D eigenvalue weighted by Crippen LogP contribution is -2.08. The fourth-order valence-electron chi connectivity index (χ4n) is 1.74. The largest absolute Gasteiger partial charge is 0.378 e. The SMILES string of the molecule is C=C(N=C(C)CC(C)=NC)c1ccc(N(C)C)cc1. The Morgan fingerprint density at radius 1 is 1.11 bits per heavy atom. The maximum Gasteiger partial charge on any atom is 0.0629 e. The normalized spacial score (nSPS) is 12.5. The summed E-state index contributed by atoms with van der Waals surface area (Å²) in [6.07, 6.45) is 0.797. The van der Waals surface area contributed by atoms with Crippen molar-refractivity contribution < 1.29 is 0 Å². The molecule has 3 nitrogen and oxygen atoms in total. The minimum absolute atomic E-state index is 0.797. The van der Waals surface area contributed by atoms with Gasteiger partial charge in [0.25, 0.3) is 0 Å². The van der Waals surface area contributed by atoms with Gasteiger partial charge in [0, 0.05) is 44.7 Å². The number of nitrogens with zero attached hydrogens (tertiary/aromatic N) is 3. The third kappa shape index (κ3) is 4.70. The first-order valence-corrected chi connectivity index (χ1v) is 6.37. The second-order valence-corrected chi connectivity index (χ2v) is 4.87. The highest BCUT2D eigenvalue weighted by Gasteiger charge is 2.01. The predicted molar refractivity (Wildman–Crippen MR) is 86.6 cm³/mol. The molecule has 1 aromatic rings. The molecule has 0 unspecified atom stereocenters. The lowest BCUT2D eigenvalue weighted by atomic mass is 10.1. The smallest absolute Gasteiger partial charge is 0.0629 e. The molecule has 0 heterocycles. The van der Waals surface area contributed by atoms with E-state index in [9.17, 15) is 0 Å². The Morgan fingerprint density at radius 3 is 2.16 bits per heavy atom. The third-order valence-corrected chi connectivity index (χ3v) is 2.94. The Bertz CT molecular complexity index is 493. The Labute approximate surface area is 116 Å². The van der Waals surface area contributed by atoms with Crippen LogP contribution < -0.4 is 4.90 Å². The molecule has 19 heavy (non-hydrogen) atoms. The molecule has 0 N–H and O–H groups in total. The van der Waals surface area contributed by atoms with Crippen LogP contribution in [0.5, 0.6) is 0 Å². The van der Waals surface area contributed by atoms with Crippen LogP contribution in [0.1, 0.15) is 25.8 Å². The minimum Gasteiger partial charge on any atom is -0.378 e. The molecule has 1 aromatic carbocycles. The first kappa shape index (κ1) is 15.2. The van der Waals surface area contributed by atoms with Gasteiger partial charge < -0.3 is 4.90 Å². The zero-order chi connectivity index (χ0) is 14.4. The zero-order valence-corrected chi connectivity index (χ0v) is 12.6. The number of benzene rings is 1. The summed E-state index contributed by atoms with van der Waals surface area (Å²) in [6, 6.07) is 8.25. The van der Waals surface area contributed by atoms with E-state index in [4.69, 9.17) is 0 Å². The van der Waals surface area contributed by atoms with Crippen molar-refractivity contribution in [3.05, 3.63) is 36.4 Å². The van der Waals surface area contributed by atoms with E-state index in [0.717, 1.165) is 29.1 Å². The Kier molecular flexibility index (Phi) is 5.49. The highest BCUT2D eigenvalue weighted by molar-refractivity contribution is 6.03. The number of rotatable bonds is 5. The predicted octanol–water partition coefficient (Wildman–Crippen LogP) is 3.67. The summed E-state index contributed by atoms with van der Waals surface area (Å²) in [5.74, 6) is 0. The van der Waals surface area contributed by atoms with E-state index in [1.807, 2.05) is 27.9 Å². The Morgan fingerprint density at radius 2 is 1.68 bits per heavy atom. The minimum atomic E-state index is 0.797. The quantitative estimate of drug-likeness (QED) is 0.740. The molecule has 1 rings (SSSR count). The number of anilines is 1. The maximum absolute atomic E-state index is 4.54. The highest BCUT2D eigenvalue weighted by Crippen LogP contribution is 2.18. The summed E-state index contributed by atoms with van der Waals surface area (Å²) < 4.78 is 0. The van der Waals surface area contributed by atoms with Gasteiger partial charge in [-0.1, -0.05) is 18.7 Å². The van der Waals surface area contributed by atoms with Gasteiger partial charge in [-0.15, -0.1) is 0 Å². The van der Waals surface area contributed by atoms with Crippen molar-refractivity contribution in [2.45, 2.75) is 20.3 Å². The summed E-state index contributed by atoms with van der Waals surface area (Å²) in [7, 11) is 5.86. The van der Waals surface area contributed by atoms with Gasteiger partial charge in [-0.2, -0.15) is 0 Å². The summed E-state index contributed by atoms with van der Waals surface area (Å²) >= 11 is 0. The lowest BCUT2D eigenvalue weighted by molar-refractivity contribution is 1.13. The standard InChI is InChI=1S/C16H23N3/c1-12(17-4)11-13(2)18-14(3)15-7-9-16(10-8-15)19(5)6/h7-10H,3,11H2,1-2,4-6H3. The van der Waals surface area contributed by atoms with Gasteiger partial charge in [-0.05, 0) is 31.5 Å². The fraction of sp³-hybridized carbons (Fsp3) is 0.375. The van der Waals surface area contributed by atoms with Crippen LogP contribution in [-0.4, -0.2) is 32.6 Å². The zero-order valence-electron chi connectivity index (χ0n) is 12.6. The Balaban J connectivity index is 2.80. The van der Waals surface area contributed by atoms with Crippen molar-refractivity contribution >= 4 is 22.8 Å². The molecule has 0 saturated heterocycles. The van der Waals surface area contributed by atoms with Crippen LogP contribution in [0.4, 0.5) is 5.69 Å². The second-order valence-electron chi connectivity index (χ2n) is 4.87. The lowest BCUT2D eigenvalue weighted by Gasteiger charge is -2.12. The van der Waals surface area contributed by atoms with Crippen LogP contribution in [0.25, 0.3) is 5.70 Å². The second kappa shape index (κ2) is 6.88. The summed E-state index contributed by atoms with van der Waals surface area (Å²) in [4.78, 5) is 10.7. The fourth-order valence-corrected chi connectivity index (χ4v) is 1.74. The monoisotopic (exact) mass is 257 g/mol. The van der Waals surface area contributed by atoms with E-state index in [1.165, 1.54) is 5.69 Å². The van der Waals surface area contributed by atoms with Crippen LogP contribution in [0, 0.1) is 0 Å². The molecule has 0 aliphatic carbocycles. The molecule has 0 spiro atoms. The molecular weight excluding hydrogens is 234 g/mol. The molecular formula is C16H23N3. The third-order valence-electron chi connectivity index (χ3n) is 2.94. The maximum atomic E-state index is 4.54. The van der Waals surface area contributed by atoms with Crippen molar-refractivity contribution in [3.8, 4) is 0 Å². The summed E-state index contributed by atoms with van der Waals surface area (Å²) in [5, 5.41) is 0. The molecule has 0 bridgehead atoms. The van der Waals surface area contributed by atoms with Gasteiger partial charge in [0.15, 0.2) is 0 Å². The van der Waals surface area contributed by atoms with Crippen LogP contribution in [0.15, 0.2) is 40.8 Å². The average Bonchev–Trinajstić information content (AvgIpc) is 2.38. The first-order valence-electron chi connectivity index (χ1n) is 6.37. The van der Waals surface area contributed by atoms with Gasteiger partial charge in [0.1, 0.15) is 0 Å². The van der Waals surface area contributed by atoms with Gasteiger partial charge >= 0.3 is 0 Å². The van der Waals surface area contributed by atoms with Gasteiger partial charge in [-0.3, -0.25) is 9.98 Å². The molecule has 0 fully saturated rings. The van der Waals surface area contributed by atoms with Crippen LogP contribution in [0.2, 0.25) is 0 Å². The van der Waals surface area contributed by atoms with E-state index in [0.29, 0.717) is 0 Å². The van der Waals surface area contributed by atoms with E-state index in [-0.39, 0.29) is 0 Å². The van der Waals surface area contributed by atoms with Crippen LogP contribution in [-0.2, 0) is 0 Å². The number of hydrogen-bond donors (Lipinski definition) is 0. The van der Waals surface area contributed by atoms with E-state index in [1.54, 1.807) is 7.05 Å². The molecule has 0 saturated carbocycles. The van der Waals surface area contributed by atoms with Crippen molar-refractivity contribution in [3.63, 3.8) is 0 Å². The molecule has 0 aliphatic heterocycles. The van der Waals surface area contributed by atoms with Crippen molar-refractivity contribution in [2.24, 2.45) is 9.98 Å². The van der Waals surface area contributed by atoms with Crippen LogP contribution >= 0.6 is 0 Å². The highest BCUT2D eigenvalue weighted by atomic mass is 15.1. The Hall–Kier alpha value is -1.90. The summed E-state index contributed by atoms with van der Waals surface area (Å²) in [6.45, 7) is 8.05. The van der Waals surface area contributed by atoms with Gasteiger partial charge in [-0.25, -0.2) is 0 Å². The first-order chi connectivity index (χ1) is 8.93. The van der Waals surface area contributed by atoms with Crippen molar-refractivity contribution in [2.75, 3.05) is 26.0 Å². The van der Waals surface area contributed by atoms with E-state index in [2.05, 4.69) is 45.7 Å². The molecule has 0 atom stereocenters. The van der Waals surface area contributed by atoms with Crippen molar-refractivity contribution in [1.82, 2.24) is 0 Å². The summed E-state index contributed by atoms with van der Waals surface area (Å²) in [5.41, 5.74) is 5.13. The van der Waals surface area contributed by atoms with Crippen LogP contribution in [0.3, 0.4) is 0 Å². The molecule has 0 radical (unpaired) electrons. The van der Waals surface area contributed by atoms with E-state index >= 15 is 0 Å². The molecule has 0 aliphatic rings. The molecule has 102 valence electrons. The van der Waals surface area contributed by atoms with E-state index < -0.39 is 0 Å². The molecule has 3 heteroatoms. The molecule has 0 aromatic heterocycles. The number of hydrogen-bond acceptors (Lipinski definition) is 3. The van der Waals surface area contributed by atoms with Gasteiger partial charge in [0.2, 0.25) is 0 Å². The van der Waals surface area contributed by atoms with Gasteiger partial charge in [0.05, 0.1) is 5.70 Å². The average molecular weight is 257 g/mol. The molecule has 0 amide bonds.